The molecule has 2 aromatic heterocycles. The molecule has 2 heterocycles. The molecule has 0 atom stereocenters. The summed E-state index contributed by atoms with van der Waals surface area (Å²) in [6.45, 7) is -0.543. The van der Waals surface area contributed by atoms with Gasteiger partial charge in [-0.25, -0.2) is 4.79 Å². The van der Waals surface area contributed by atoms with Crippen molar-refractivity contribution in [3.8, 4) is 10.6 Å². The van der Waals surface area contributed by atoms with E-state index >= 15 is 0 Å². The molecule has 0 aliphatic carbocycles. The second-order valence-corrected chi connectivity index (χ2v) is 6.11. The number of amides is 1. The van der Waals surface area contributed by atoms with Gasteiger partial charge >= 0.3 is 5.69 Å². The van der Waals surface area contributed by atoms with Gasteiger partial charge in [0.05, 0.1) is 11.1 Å². The smallest absolute Gasteiger partial charge is 0.299 e. The summed E-state index contributed by atoms with van der Waals surface area (Å²) in [5.74, 6) is -1.88. The Labute approximate surface area is 152 Å². The summed E-state index contributed by atoms with van der Waals surface area (Å²) in [6.07, 6.45) is 0.628. The largest absolute Gasteiger partial charge is 0.328 e. The van der Waals surface area contributed by atoms with Crippen LogP contribution in [0.1, 0.15) is 0 Å². The van der Waals surface area contributed by atoms with Crippen LogP contribution in [0.25, 0.3) is 10.6 Å². The second-order valence-electron chi connectivity index (χ2n) is 5.13. The SMILES string of the molecule is O=C(Cn1cc(F)c(=O)[nH]c1=O)Nc1nnc(-c2ccc([N+](=O)[O-])cc2)s1. The van der Waals surface area contributed by atoms with E-state index in [1.807, 2.05) is 0 Å². The van der Waals surface area contributed by atoms with Crippen molar-refractivity contribution in [2.45, 2.75) is 6.54 Å². The number of carbonyl (C=O) groups is 1. The third kappa shape index (κ3) is 4.09. The van der Waals surface area contributed by atoms with Gasteiger partial charge in [-0.3, -0.25) is 34.6 Å². The summed E-state index contributed by atoms with van der Waals surface area (Å²) in [5, 5.41) is 21.2. The zero-order valence-corrected chi connectivity index (χ0v) is 14.0. The first-order chi connectivity index (χ1) is 12.8. The maximum Gasteiger partial charge on any atom is 0.328 e. The number of benzene rings is 1. The number of nitrogens with one attached hydrogen (secondary N) is 2. The van der Waals surface area contributed by atoms with E-state index in [4.69, 9.17) is 0 Å². The van der Waals surface area contributed by atoms with E-state index < -0.39 is 34.4 Å². The third-order valence-corrected chi connectivity index (χ3v) is 4.17. The normalized spacial score (nSPS) is 10.6. The number of H-pyrrole nitrogens is 1. The van der Waals surface area contributed by atoms with Crippen LogP contribution in [0.4, 0.5) is 15.2 Å². The number of hydrogen-bond donors (Lipinski definition) is 2. The predicted octanol–water partition coefficient (Wildman–Crippen LogP) is 0.741. The van der Waals surface area contributed by atoms with E-state index in [-0.39, 0.29) is 10.8 Å². The van der Waals surface area contributed by atoms with Crippen molar-refractivity contribution < 1.29 is 14.1 Å². The minimum absolute atomic E-state index is 0.0737. The summed E-state index contributed by atoms with van der Waals surface area (Å²) in [6, 6.07) is 5.61. The van der Waals surface area contributed by atoms with Gasteiger partial charge in [0, 0.05) is 17.7 Å². The second kappa shape index (κ2) is 7.25. The van der Waals surface area contributed by atoms with Crippen molar-refractivity contribution in [3.63, 3.8) is 0 Å². The Morgan fingerprint density at radius 2 is 2.00 bits per heavy atom. The van der Waals surface area contributed by atoms with Crippen molar-refractivity contribution in [1.29, 1.82) is 0 Å². The Bertz CT molecular complexity index is 1140. The molecule has 0 aliphatic rings. The number of nitrogens with zero attached hydrogens (tertiary/aromatic N) is 4. The first-order valence-corrected chi connectivity index (χ1v) is 8.02. The number of hydrogen-bond acceptors (Lipinski definition) is 8. The van der Waals surface area contributed by atoms with Gasteiger partial charge in [0.1, 0.15) is 11.6 Å². The van der Waals surface area contributed by atoms with Gasteiger partial charge < -0.3 is 0 Å². The average molecular weight is 392 g/mol. The van der Waals surface area contributed by atoms with Crippen molar-refractivity contribution in [2.24, 2.45) is 0 Å². The van der Waals surface area contributed by atoms with Gasteiger partial charge in [0.2, 0.25) is 16.9 Å². The Morgan fingerprint density at radius 3 is 2.67 bits per heavy atom. The Kier molecular flexibility index (Phi) is 4.85. The molecule has 2 N–H and O–H groups in total. The molecule has 0 radical (unpaired) electrons. The number of non-ortho nitro benzene ring substituents is 1. The van der Waals surface area contributed by atoms with E-state index in [9.17, 15) is 28.9 Å². The fourth-order valence-electron chi connectivity index (χ4n) is 2.03. The Morgan fingerprint density at radius 1 is 1.30 bits per heavy atom. The molecule has 3 rings (SSSR count). The van der Waals surface area contributed by atoms with Crippen LogP contribution in [0.5, 0.6) is 0 Å². The van der Waals surface area contributed by atoms with Crippen LogP contribution >= 0.6 is 11.3 Å². The molecule has 138 valence electrons. The number of rotatable bonds is 5. The molecule has 0 fully saturated rings. The highest BCUT2D eigenvalue weighted by Crippen LogP contribution is 2.27. The minimum atomic E-state index is -1.20. The quantitative estimate of drug-likeness (QED) is 0.480. The molecular formula is C14H9FN6O5S. The highest BCUT2D eigenvalue weighted by Gasteiger charge is 2.13. The van der Waals surface area contributed by atoms with Crippen LogP contribution in [0.2, 0.25) is 0 Å². The molecule has 11 nitrogen and oxygen atoms in total. The lowest BCUT2D eigenvalue weighted by Crippen LogP contribution is -2.34. The highest BCUT2D eigenvalue weighted by atomic mass is 32.1. The molecule has 13 heteroatoms. The third-order valence-electron chi connectivity index (χ3n) is 3.28. The van der Waals surface area contributed by atoms with E-state index in [2.05, 4.69) is 15.5 Å². The highest BCUT2D eigenvalue weighted by molar-refractivity contribution is 7.18. The minimum Gasteiger partial charge on any atom is -0.299 e. The van der Waals surface area contributed by atoms with Crippen LogP contribution in [0.15, 0.2) is 40.1 Å². The van der Waals surface area contributed by atoms with Crippen LogP contribution in [0, 0.1) is 15.9 Å². The summed E-state index contributed by atoms with van der Waals surface area (Å²) in [5.41, 5.74) is -1.61. The summed E-state index contributed by atoms with van der Waals surface area (Å²) >= 11 is 1.01. The van der Waals surface area contributed by atoms with Crippen LogP contribution in [0.3, 0.4) is 0 Å². The lowest BCUT2D eigenvalue weighted by molar-refractivity contribution is -0.384. The fraction of sp³-hybridized carbons (Fsp3) is 0.0714. The molecule has 1 amide bonds. The van der Waals surface area contributed by atoms with Gasteiger partial charge in [-0.15, -0.1) is 10.2 Å². The first kappa shape index (κ1) is 18.1. The predicted molar refractivity (Wildman–Crippen MR) is 91.9 cm³/mol. The van der Waals surface area contributed by atoms with Crippen molar-refractivity contribution in [3.05, 3.63) is 67.2 Å². The standard InChI is InChI=1S/C14H9FN6O5S/c15-9-5-20(14(24)17-11(9)23)6-10(22)16-13-19-18-12(27-13)7-1-3-8(4-2-7)21(25)26/h1-5H,6H2,(H,16,19,22)(H,17,23,24). The zero-order chi connectivity index (χ0) is 19.6. The van der Waals surface area contributed by atoms with Crippen molar-refractivity contribution in [2.75, 3.05) is 5.32 Å². The molecule has 0 aliphatic heterocycles. The molecule has 0 unspecified atom stereocenters. The van der Waals surface area contributed by atoms with Crippen molar-refractivity contribution in [1.82, 2.24) is 19.7 Å². The number of nitro groups is 1. The Balaban J connectivity index is 1.71. The van der Waals surface area contributed by atoms with Crippen LogP contribution in [-0.2, 0) is 11.3 Å². The summed E-state index contributed by atoms with van der Waals surface area (Å²) in [4.78, 5) is 46.3. The van der Waals surface area contributed by atoms with Gasteiger partial charge in [0.15, 0.2) is 0 Å². The molecular weight excluding hydrogens is 383 g/mol. The van der Waals surface area contributed by atoms with Crippen molar-refractivity contribution >= 4 is 28.1 Å². The molecule has 1 aromatic carbocycles. The number of anilines is 1. The maximum absolute atomic E-state index is 13.2. The van der Waals surface area contributed by atoms with Crippen LogP contribution in [-0.4, -0.2) is 30.6 Å². The lowest BCUT2D eigenvalue weighted by atomic mass is 10.2. The monoisotopic (exact) mass is 392 g/mol. The van der Waals surface area contributed by atoms with E-state index in [1.54, 1.807) is 4.98 Å². The summed E-state index contributed by atoms with van der Waals surface area (Å²) < 4.78 is 13.9. The number of nitro benzene ring substituents is 1. The maximum atomic E-state index is 13.2. The molecule has 3 aromatic rings. The molecule has 27 heavy (non-hydrogen) atoms. The van der Waals surface area contributed by atoms with Gasteiger partial charge in [0.25, 0.3) is 11.2 Å². The summed E-state index contributed by atoms with van der Waals surface area (Å²) in [7, 11) is 0. The van der Waals surface area contributed by atoms with Gasteiger partial charge in [-0.05, 0) is 12.1 Å². The number of aromatic nitrogens is 4. The lowest BCUT2D eigenvalue weighted by Gasteiger charge is -2.04. The van der Waals surface area contributed by atoms with Crippen LogP contribution < -0.4 is 16.6 Å². The fourth-order valence-corrected chi connectivity index (χ4v) is 2.80. The number of carbonyl (C=O) groups excluding carboxylic acids is 1. The molecule has 0 saturated carbocycles. The topological polar surface area (TPSA) is 153 Å². The van der Waals surface area contributed by atoms with E-state index in [1.165, 1.54) is 24.3 Å². The average Bonchev–Trinajstić information content (AvgIpc) is 3.08. The number of halogens is 1. The van der Waals surface area contributed by atoms with E-state index in [0.717, 1.165) is 11.3 Å². The van der Waals surface area contributed by atoms with Gasteiger partial charge in [-0.1, -0.05) is 11.3 Å². The first-order valence-electron chi connectivity index (χ1n) is 7.21. The number of aromatic amines is 1. The molecule has 0 bridgehead atoms. The van der Waals surface area contributed by atoms with Gasteiger partial charge in [-0.2, -0.15) is 4.39 Å². The van der Waals surface area contributed by atoms with E-state index in [0.29, 0.717) is 21.3 Å². The molecule has 0 spiro atoms. The zero-order valence-electron chi connectivity index (χ0n) is 13.2. The Hall–Kier alpha value is -3.74. The molecule has 0 saturated heterocycles.